The van der Waals surface area contributed by atoms with E-state index in [9.17, 15) is 14.0 Å². The van der Waals surface area contributed by atoms with E-state index in [0.717, 1.165) is 6.08 Å². The van der Waals surface area contributed by atoms with Gasteiger partial charge in [0.2, 0.25) is 0 Å². The highest BCUT2D eigenvalue weighted by Crippen LogP contribution is 2.08. The second-order valence-electron chi connectivity index (χ2n) is 4.73. The van der Waals surface area contributed by atoms with E-state index < -0.39 is 24.3 Å². The van der Waals surface area contributed by atoms with Crippen LogP contribution in [-0.4, -0.2) is 18.5 Å². The number of hydrogen-bond donors (Lipinski definition) is 1. The Morgan fingerprint density at radius 1 is 1.21 bits per heavy atom. The number of carbonyl (C=O) groups excluding carboxylic acids is 2. The molecule has 5 nitrogen and oxygen atoms in total. The van der Waals surface area contributed by atoms with Crippen LogP contribution in [0.5, 0.6) is 0 Å². The number of nitrogens with zero attached hydrogens (tertiary/aromatic N) is 1. The molecule has 0 heterocycles. The Hall–Kier alpha value is -3.46. The van der Waals surface area contributed by atoms with Crippen LogP contribution in [0.4, 0.5) is 10.1 Å². The highest BCUT2D eigenvalue weighted by atomic mass is 19.1. The number of rotatable bonds is 5. The van der Waals surface area contributed by atoms with Crippen molar-refractivity contribution < 1.29 is 18.7 Å². The molecule has 0 aliphatic rings. The Morgan fingerprint density at radius 3 is 2.62 bits per heavy atom. The molecule has 0 unspecified atom stereocenters. The number of carbonyl (C=O) groups is 2. The zero-order chi connectivity index (χ0) is 17.4. The van der Waals surface area contributed by atoms with E-state index in [1.807, 2.05) is 6.07 Å². The molecule has 0 atom stereocenters. The molecule has 2 rings (SSSR count). The summed E-state index contributed by atoms with van der Waals surface area (Å²) in [6.07, 6.45) is 2.51. The van der Waals surface area contributed by atoms with Crippen molar-refractivity contribution in [3.05, 3.63) is 71.6 Å². The molecule has 0 aliphatic carbocycles. The first kappa shape index (κ1) is 16.9. The lowest BCUT2D eigenvalue weighted by atomic mass is 10.2. The van der Waals surface area contributed by atoms with Gasteiger partial charge in [-0.05, 0) is 48.0 Å². The maximum atomic E-state index is 13.0. The third-order valence-corrected chi connectivity index (χ3v) is 2.90. The van der Waals surface area contributed by atoms with Gasteiger partial charge in [0.15, 0.2) is 6.61 Å². The van der Waals surface area contributed by atoms with Crippen molar-refractivity contribution in [2.45, 2.75) is 0 Å². The van der Waals surface area contributed by atoms with Crippen LogP contribution in [0.3, 0.4) is 0 Å². The summed E-state index contributed by atoms with van der Waals surface area (Å²) in [6.45, 7) is -0.452. The number of amides is 1. The lowest BCUT2D eigenvalue weighted by molar-refractivity contribution is -0.142. The zero-order valence-corrected chi connectivity index (χ0v) is 12.5. The SMILES string of the molecule is N#Cc1ccc(NC(=O)COC(=O)/C=C/c2cccc(F)c2)cc1. The fraction of sp³-hybridized carbons (Fsp3) is 0.0556. The molecule has 0 aliphatic heterocycles. The standard InChI is InChI=1S/C18H13FN2O3/c19-15-3-1-2-13(10-15)6-9-18(23)24-12-17(22)21-16-7-4-14(11-20)5-8-16/h1-10H,12H2,(H,21,22)/b9-6+. The highest BCUT2D eigenvalue weighted by molar-refractivity contribution is 5.94. The molecule has 0 saturated heterocycles. The number of nitriles is 1. The summed E-state index contributed by atoms with van der Waals surface area (Å²) in [5.74, 6) is -1.63. The van der Waals surface area contributed by atoms with Gasteiger partial charge in [-0.1, -0.05) is 12.1 Å². The molecule has 1 N–H and O–H groups in total. The molecule has 0 fully saturated rings. The summed E-state index contributed by atoms with van der Waals surface area (Å²) in [7, 11) is 0. The molecular weight excluding hydrogens is 311 g/mol. The van der Waals surface area contributed by atoms with Crippen molar-refractivity contribution >= 4 is 23.6 Å². The van der Waals surface area contributed by atoms with E-state index in [-0.39, 0.29) is 0 Å². The fourth-order valence-electron chi connectivity index (χ4n) is 1.78. The average molecular weight is 324 g/mol. The Morgan fingerprint density at radius 2 is 1.96 bits per heavy atom. The van der Waals surface area contributed by atoms with E-state index in [2.05, 4.69) is 5.32 Å². The maximum Gasteiger partial charge on any atom is 0.331 e. The molecule has 0 radical (unpaired) electrons. The van der Waals surface area contributed by atoms with Crippen LogP contribution in [-0.2, 0) is 14.3 Å². The summed E-state index contributed by atoms with van der Waals surface area (Å²) in [5, 5.41) is 11.2. The smallest absolute Gasteiger partial charge is 0.331 e. The molecule has 2 aromatic carbocycles. The second-order valence-corrected chi connectivity index (χ2v) is 4.73. The van der Waals surface area contributed by atoms with Gasteiger partial charge < -0.3 is 10.1 Å². The summed E-state index contributed by atoms with van der Waals surface area (Å²) < 4.78 is 17.8. The molecule has 6 heteroatoms. The first-order valence-corrected chi connectivity index (χ1v) is 6.97. The molecule has 0 bridgehead atoms. The highest BCUT2D eigenvalue weighted by Gasteiger charge is 2.06. The van der Waals surface area contributed by atoms with Crippen LogP contribution >= 0.6 is 0 Å². The molecule has 0 aromatic heterocycles. The summed E-state index contributed by atoms with van der Waals surface area (Å²) in [5.41, 5.74) is 1.47. The molecule has 24 heavy (non-hydrogen) atoms. The monoisotopic (exact) mass is 324 g/mol. The van der Waals surface area contributed by atoms with Gasteiger partial charge in [-0.2, -0.15) is 5.26 Å². The van der Waals surface area contributed by atoms with Gasteiger partial charge in [-0.3, -0.25) is 4.79 Å². The van der Waals surface area contributed by atoms with Crippen LogP contribution in [0.1, 0.15) is 11.1 Å². The molecular formula is C18H13FN2O3. The summed E-state index contributed by atoms with van der Waals surface area (Å²) >= 11 is 0. The molecule has 0 spiro atoms. The van der Waals surface area contributed by atoms with E-state index in [0.29, 0.717) is 16.8 Å². The predicted molar refractivity (Wildman–Crippen MR) is 86.2 cm³/mol. The van der Waals surface area contributed by atoms with Gasteiger partial charge in [-0.25, -0.2) is 9.18 Å². The molecule has 0 saturated carbocycles. The molecule has 1 amide bonds. The van der Waals surface area contributed by atoms with Crippen molar-refractivity contribution in [3.63, 3.8) is 0 Å². The van der Waals surface area contributed by atoms with Gasteiger partial charge in [-0.15, -0.1) is 0 Å². The Bertz CT molecular complexity index is 808. The minimum Gasteiger partial charge on any atom is -0.452 e. The minimum absolute atomic E-state index is 0.410. The predicted octanol–water partition coefficient (Wildman–Crippen LogP) is 2.89. The third kappa shape index (κ3) is 5.39. The number of ether oxygens (including phenoxy) is 1. The van der Waals surface area contributed by atoms with Gasteiger partial charge in [0.1, 0.15) is 5.82 Å². The number of halogens is 1. The van der Waals surface area contributed by atoms with Gasteiger partial charge >= 0.3 is 5.97 Å². The van der Waals surface area contributed by atoms with Gasteiger partial charge in [0.25, 0.3) is 5.91 Å². The normalized spacial score (nSPS) is 10.2. The number of hydrogen-bond acceptors (Lipinski definition) is 4. The molecule has 2 aromatic rings. The van der Waals surface area contributed by atoms with Crippen molar-refractivity contribution in [1.29, 1.82) is 5.26 Å². The second kappa shape index (κ2) is 8.25. The lowest BCUT2D eigenvalue weighted by Crippen LogP contribution is -2.20. The first-order chi connectivity index (χ1) is 11.6. The maximum absolute atomic E-state index is 13.0. The third-order valence-electron chi connectivity index (χ3n) is 2.90. The van der Waals surface area contributed by atoms with Gasteiger partial charge in [0.05, 0.1) is 11.6 Å². The van der Waals surface area contributed by atoms with Crippen molar-refractivity contribution in [1.82, 2.24) is 0 Å². The topological polar surface area (TPSA) is 79.2 Å². The Kier molecular flexibility index (Phi) is 5.81. The van der Waals surface area contributed by atoms with Crippen LogP contribution < -0.4 is 5.32 Å². The van der Waals surface area contributed by atoms with Crippen LogP contribution in [0.2, 0.25) is 0 Å². The van der Waals surface area contributed by atoms with E-state index in [1.54, 1.807) is 30.3 Å². The number of nitrogens with one attached hydrogen (secondary N) is 1. The fourth-order valence-corrected chi connectivity index (χ4v) is 1.78. The minimum atomic E-state index is -0.714. The van der Waals surface area contributed by atoms with Crippen molar-refractivity contribution in [2.75, 3.05) is 11.9 Å². The molecule has 120 valence electrons. The van der Waals surface area contributed by atoms with Crippen LogP contribution in [0.25, 0.3) is 6.08 Å². The van der Waals surface area contributed by atoms with Crippen LogP contribution in [0, 0.1) is 17.1 Å². The van der Waals surface area contributed by atoms with E-state index >= 15 is 0 Å². The van der Waals surface area contributed by atoms with E-state index in [4.69, 9.17) is 10.00 Å². The first-order valence-electron chi connectivity index (χ1n) is 6.97. The van der Waals surface area contributed by atoms with Gasteiger partial charge in [0, 0.05) is 11.8 Å². The average Bonchev–Trinajstić information content (AvgIpc) is 2.59. The Balaban J connectivity index is 1.80. The summed E-state index contributed by atoms with van der Waals surface area (Å²) in [4.78, 5) is 23.2. The van der Waals surface area contributed by atoms with Crippen molar-refractivity contribution in [3.8, 4) is 6.07 Å². The number of anilines is 1. The van der Waals surface area contributed by atoms with Crippen LogP contribution in [0.15, 0.2) is 54.6 Å². The number of benzene rings is 2. The zero-order valence-electron chi connectivity index (χ0n) is 12.5. The van der Waals surface area contributed by atoms with E-state index in [1.165, 1.54) is 24.3 Å². The largest absolute Gasteiger partial charge is 0.452 e. The number of esters is 1. The Labute approximate surface area is 138 Å². The quantitative estimate of drug-likeness (QED) is 0.677. The van der Waals surface area contributed by atoms with Crippen molar-refractivity contribution in [2.24, 2.45) is 0 Å². The summed E-state index contributed by atoms with van der Waals surface area (Å²) in [6, 6.07) is 13.9. The lowest BCUT2D eigenvalue weighted by Gasteiger charge is -2.05.